The average Bonchev–Trinajstić information content (AvgIpc) is 2.78. The van der Waals surface area contributed by atoms with Gasteiger partial charge in [-0.1, -0.05) is 52.3 Å². The van der Waals surface area contributed by atoms with Crippen LogP contribution in [-0.4, -0.2) is 46.9 Å². The molecule has 0 radical (unpaired) electrons. The maximum Gasteiger partial charge on any atom is 0.311 e. The van der Waals surface area contributed by atoms with E-state index in [9.17, 15) is 19.8 Å². The number of aliphatic hydroxyl groups excluding tert-OH is 2. The average molecular weight is 492 g/mol. The molecular weight excluding hydrogens is 442 g/mol. The zero-order valence-corrected chi connectivity index (χ0v) is 22.8. The smallest absolute Gasteiger partial charge is 0.311 e. The first-order valence-electron chi connectivity index (χ1n) is 13.7. The Kier molecular flexibility index (Phi) is 11.5. The van der Waals surface area contributed by atoms with Crippen molar-refractivity contribution in [1.82, 2.24) is 5.32 Å². The van der Waals surface area contributed by atoms with Crippen molar-refractivity contribution < 1.29 is 24.5 Å². The molecule has 0 saturated carbocycles. The van der Waals surface area contributed by atoms with Gasteiger partial charge in [0.2, 0.25) is 5.91 Å². The van der Waals surface area contributed by atoms with Gasteiger partial charge in [-0.05, 0) is 75.7 Å². The number of aliphatic hydroxyl groups is 2. The van der Waals surface area contributed by atoms with Crippen LogP contribution in [-0.2, 0) is 14.3 Å². The third-order valence-corrected chi connectivity index (χ3v) is 7.94. The van der Waals surface area contributed by atoms with E-state index in [4.69, 9.17) is 4.74 Å². The predicted molar refractivity (Wildman–Crippen MR) is 139 cm³/mol. The first kappa shape index (κ1) is 29.6. The van der Waals surface area contributed by atoms with Crippen LogP contribution < -0.4 is 5.32 Å². The molecule has 0 aliphatic heterocycles. The Morgan fingerprint density at radius 3 is 2.57 bits per heavy atom. The second-order valence-electron chi connectivity index (χ2n) is 11.5. The molecule has 0 fully saturated rings. The Bertz CT molecular complexity index is 758. The summed E-state index contributed by atoms with van der Waals surface area (Å²) in [5.74, 6) is 0.684. The number of ether oxygens (including phenoxy) is 1. The van der Waals surface area contributed by atoms with Gasteiger partial charge in [0, 0.05) is 12.5 Å². The van der Waals surface area contributed by atoms with Crippen molar-refractivity contribution in [3.8, 4) is 0 Å². The van der Waals surface area contributed by atoms with Crippen molar-refractivity contribution in [2.75, 3.05) is 6.54 Å². The number of hydrogen-bond acceptors (Lipinski definition) is 5. The minimum Gasteiger partial charge on any atom is -0.461 e. The minimum absolute atomic E-state index is 0.0159. The molecule has 2 aliphatic carbocycles. The minimum atomic E-state index is -0.855. The van der Waals surface area contributed by atoms with Crippen LogP contribution in [0, 0.1) is 29.1 Å². The molecule has 6 nitrogen and oxygen atoms in total. The lowest BCUT2D eigenvalue weighted by atomic mass is 9.65. The zero-order valence-electron chi connectivity index (χ0n) is 22.8. The molecule has 0 aromatic heterocycles. The van der Waals surface area contributed by atoms with Crippen LogP contribution in [0.2, 0.25) is 0 Å². The number of carbonyl (C=O) groups excluding carboxylic acids is 2. The van der Waals surface area contributed by atoms with Gasteiger partial charge in [-0.2, -0.15) is 0 Å². The number of fused-ring (bicyclic) bond motifs is 1. The van der Waals surface area contributed by atoms with E-state index in [0.717, 1.165) is 32.1 Å². The lowest BCUT2D eigenvalue weighted by Gasteiger charge is -2.44. The van der Waals surface area contributed by atoms with Crippen LogP contribution in [0.3, 0.4) is 0 Å². The Hall–Kier alpha value is -1.66. The predicted octanol–water partition coefficient (Wildman–Crippen LogP) is 4.94. The topological polar surface area (TPSA) is 95.9 Å². The molecule has 3 N–H and O–H groups in total. The Labute approximate surface area is 212 Å². The molecule has 0 aromatic rings. The van der Waals surface area contributed by atoms with Gasteiger partial charge in [-0.25, -0.2) is 0 Å². The van der Waals surface area contributed by atoms with Crippen molar-refractivity contribution in [3.05, 3.63) is 23.8 Å². The molecule has 7 atom stereocenters. The summed E-state index contributed by atoms with van der Waals surface area (Å²) in [6.07, 6.45) is 9.97. The Morgan fingerprint density at radius 1 is 1.20 bits per heavy atom. The first-order chi connectivity index (χ1) is 16.5. The Balaban J connectivity index is 2.00. The summed E-state index contributed by atoms with van der Waals surface area (Å²) in [7, 11) is 0. The molecule has 0 spiro atoms. The lowest BCUT2D eigenvalue weighted by Crippen LogP contribution is -2.43. The van der Waals surface area contributed by atoms with E-state index in [1.54, 1.807) is 0 Å². The van der Waals surface area contributed by atoms with Gasteiger partial charge in [0.05, 0.1) is 24.0 Å². The fourth-order valence-corrected chi connectivity index (χ4v) is 5.25. The fourth-order valence-electron chi connectivity index (χ4n) is 5.25. The van der Waals surface area contributed by atoms with Gasteiger partial charge >= 0.3 is 5.97 Å². The number of allylic oxidation sites excluding steroid dienone is 3. The Morgan fingerprint density at radius 2 is 1.91 bits per heavy atom. The van der Waals surface area contributed by atoms with Crippen LogP contribution in [0.5, 0.6) is 0 Å². The lowest BCUT2D eigenvalue weighted by molar-refractivity contribution is -0.164. The quantitative estimate of drug-likeness (QED) is 0.251. The van der Waals surface area contributed by atoms with Crippen LogP contribution in [0.1, 0.15) is 92.9 Å². The highest BCUT2D eigenvalue weighted by Gasteiger charge is 2.42. The number of hydrogen-bond donors (Lipinski definition) is 3. The molecule has 1 amide bonds. The van der Waals surface area contributed by atoms with Crippen LogP contribution in [0.15, 0.2) is 23.8 Å². The second-order valence-corrected chi connectivity index (χ2v) is 11.5. The molecule has 0 saturated heterocycles. The maximum absolute atomic E-state index is 12.9. The van der Waals surface area contributed by atoms with E-state index in [-0.39, 0.29) is 42.7 Å². The number of rotatable bonds is 13. The van der Waals surface area contributed by atoms with Crippen LogP contribution >= 0.6 is 0 Å². The number of unbranched alkanes of at least 4 members (excludes halogenated alkanes) is 1. The van der Waals surface area contributed by atoms with Crippen molar-refractivity contribution in [1.29, 1.82) is 0 Å². The molecule has 35 heavy (non-hydrogen) atoms. The largest absolute Gasteiger partial charge is 0.461 e. The molecule has 2 aliphatic rings. The summed E-state index contributed by atoms with van der Waals surface area (Å²) in [4.78, 5) is 24.9. The third-order valence-electron chi connectivity index (χ3n) is 7.94. The van der Waals surface area contributed by atoms with Gasteiger partial charge < -0.3 is 20.3 Å². The molecule has 2 rings (SSSR count). The molecule has 0 aromatic carbocycles. The van der Waals surface area contributed by atoms with E-state index in [0.29, 0.717) is 24.8 Å². The number of nitrogens with one attached hydrogen (secondary N) is 1. The third kappa shape index (κ3) is 8.75. The fraction of sp³-hybridized carbons (Fsp3) is 0.793. The summed E-state index contributed by atoms with van der Waals surface area (Å²) in [5, 5.41) is 23.7. The summed E-state index contributed by atoms with van der Waals surface area (Å²) < 4.78 is 6.16. The van der Waals surface area contributed by atoms with E-state index < -0.39 is 17.6 Å². The number of esters is 1. The summed E-state index contributed by atoms with van der Waals surface area (Å²) >= 11 is 0. The van der Waals surface area contributed by atoms with Gasteiger partial charge in [-0.15, -0.1) is 0 Å². The van der Waals surface area contributed by atoms with Crippen LogP contribution in [0.25, 0.3) is 0 Å². The standard InChI is InChI=1S/C29H49NO5/c1-7-9-14-30-26(33)18-23(32)17-22(31)12-13-24-20(4)10-11-21-15-19(3)16-25(27(21)24)35-28(34)29(5,6)8-2/h10-11,15,19-20,22-25,27,31-32H,7-9,12-14,16-18H2,1-6H3,(H,30,33)/t19?,20-,22?,23+,24-,25?,27-/m0/s1. The van der Waals surface area contributed by atoms with Gasteiger partial charge in [0.25, 0.3) is 0 Å². The highest BCUT2D eigenvalue weighted by molar-refractivity contribution is 5.76. The van der Waals surface area contributed by atoms with E-state index in [2.05, 4.69) is 44.3 Å². The van der Waals surface area contributed by atoms with Crippen molar-refractivity contribution >= 4 is 11.9 Å². The number of amides is 1. The molecule has 3 unspecified atom stereocenters. The van der Waals surface area contributed by atoms with Gasteiger partial charge in [0.15, 0.2) is 0 Å². The highest BCUT2D eigenvalue weighted by Crippen LogP contribution is 2.45. The summed E-state index contributed by atoms with van der Waals surface area (Å²) in [6.45, 7) is 12.9. The van der Waals surface area contributed by atoms with E-state index in [1.165, 1.54) is 5.57 Å². The normalized spacial score (nSPS) is 28.0. The van der Waals surface area contributed by atoms with Gasteiger partial charge in [-0.3, -0.25) is 9.59 Å². The summed E-state index contributed by atoms with van der Waals surface area (Å²) in [6, 6.07) is 0. The zero-order chi connectivity index (χ0) is 26.2. The maximum atomic E-state index is 12.9. The van der Waals surface area contributed by atoms with E-state index in [1.807, 2.05) is 20.8 Å². The molecule has 0 heterocycles. The molecule has 200 valence electrons. The monoisotopic (exact) mass is 491 g/mol. The van der Waals surface area contributed by atoms with Gasteiger partial charge in [0.1, 0.15) is 6.10 Å². The molecular formula is C29H49NO5. The SMILES string of the molecule is CCCCNC(=O)C[C@H](O)CC(O)CC[C@@H]1[C@@H]2C(=CC(C)CC2OC(=O)C(C)(C)CC)C=C[C@@H]1C. The first-order valence-corrected chi connectivity index (χ1v) is 13.7. The second kappa shape index (κ2) is 13.6. The molecule has 6 heteroatoms. The van der Waals surface area contributed by atoms with Crippen LogP contribution in [0.4, 0.5) is 0 Å². The van der Waals surface area contributed by atoms with Crippen molar-refractivity contribution in [2.45, 2.75) is 111 Å². The van der Waals surface area contributed by atoms with E-state index >= 15 is 0 Å². The molecule has 0 bridgehead atoms. The highest BCUT2D eigenvalue weighted by atomic mass is 16.5. The van der Waals surface area contributed by atoms with Crippen molar-refractivity contribution in [2.24, 2.45) is 29.1 Å². The summed E-state index contributed by atoms with van der Waals surface area (Å²) in [5.41, 5.74) is 0.725. The number of carbonyl (C=O) groups is 2. The van der Waals surface area contributed by atoms with Crippen molar-refractivity contribution in [3.63, 3.8) is 0 Å².